The van der Waals surface area contributed by atoms with Crippen molar-refractivity contribution in [2.75, 3.05) is 19.6 Å². The maximum absolute atomic E-state index is 12.3. The molecule has 2 amide bonds. The Labute approximate surface area is 138 Å². The number of carbonyl (C=O) groups excluding carboxylic acids is 2. The first-order valence-electron chi connectivity index (χ1n) is 8.36. The van der Waals surface area contributed by atoms with Gasteiger partial charge in [0.25, 0.3) is 0 Å². The number of carbonyl (C=O) groups is 2. The Hall–Kier alpha value is -2.10. The summed E-state index contributed by atoms with van der Waals surface area (Å²) in [6, 6.07) is 9.82. The van der Waals surface area contributed by atoms with Crippen molar-refractivity contribution >= 4 is 17.9 Å². The summed E-state index contributed by atoms with van der Waals surface area (Å²) >= 11 is 0. The number of benzene rings is 1. The quantitative estimate of drug-likeness (QED) is 0.850. The summed E-state index contributed by atoms with van der Waals surface area (Å²) in [6.45, 7) is 5.95. The van der Waals surface area contributed by atoms with Crippen LogP contribution in [0.1, 0.15) is 32.3 Å². The van der Waals surface area contributed by atoms with Crippen LogP contribution in [0, 0.1) is 11.8 Å². The van der Waals surface area contributed by atoms with E-state index in [1.54, 1.807) is 6.08 Å². The summed E-state index contributed by atoms with van der Waals surface area (Å²) in [5.41, 5.74) is 1.03. The Morgan fingerprint density at radius 2 is 2.04 bits per heavy atom. The molecule has 0 aromatic heterocycles. The highest BCUT2D eigenvalue weighted by molar-refractivity contribution is 5.91. The molecule has 1 aromatic carbocycles. The lowest BCUT2D eigenvalue weighted by atomic mass is 9.97. The molecule has 4 nitrogen and oxygen atoms in total. The Morgan fingerprint density at radius 3 is 2.74 bits per heavy atom. The van der Waals surface area contributed by atoms with E-state index in [-0.39, 0.29) is 17.7 Å². The van der Waals surface area contributed by atoms with Gasteiger partial charge in [-0.05, 0) is 30.4 Å². The highest BCUT2D eigenvalue weighted by Crippen LogP contribution is 2.16. The number of likely N-dealkylation sites (tertiary alicyclic amines) is 1. The van der Waals surface area contributed by atoms with Crippen LogP contribution in [-0.4, -0.2) is 36.3 Å². The maximum Gasteiger partial charge on any atom is 0.246 e. The Morgan fingerprint density at radius 1 is 1.30 bits per heavy atom. The highest BCUT2D eigenvalue weighted by atomic mass is 16.2. The number of amides is 2. The number of nitrogens with zero attached hydrogens (tertiary/aromatic N) is 1. The molecular weight excluding hydrogens is 288 g/mol. The van der Waals surface area contributed by atoms with Crippen LogP contribution in [0.25, 0.3) is 6.08 Å². The number of rotatable bonds is 5. The third-order valence-electron chi connectivity index (χ3n) is 4.14. The van der Waals surface area contributed by atoms with Crippen LogP contribution < -0.4 is 5.32 Å². The lowest BCUT2D eigenvalue weighted by Crippen LogP contribution is -2.43. The molecule has 1 heterocycles. The van der Waals surface area contributed by atoms with Crippen molar-refractivity contribution < 1.29 is 9.59 Å². The van der Waals surface area contributed by atoms with Gasteiger partial charge >= 0.3 is 0 Å². The van der Waals surface area contributed by atoms with Crippen LogP contribution >= 0.6 is 0 Å². The molecule has 1 saturated heterocycles. The van der Waals surface area contributed by atoms with E-state index in [4.69, 9.17) is 0 Å². The molecule has 2 rings (SSSR count). The van der Waals surface area contributed by atoms with Gasteiger partial charge in [-0.1, -0.05) is 44.2 Å². The summed E-state index contributed by atoms with van der Waals surface area (Å²) in [7, 11) is 0. The second-order valence-corrected chi connectivity index (χ2v) is 6.44. The van der Waals surface area contributed by atoms with Crippen LogP contribution in [0.4, 0.5) is 0 Å². The molecule has 0 unspecified atom stereocenters. The minimum atomic E-state index is 0.00475. The standard InChI is InChI=1S/C19H26N2O2/c1-15(2)19(23)20-13-17-9-6-12-21(14-17)18(22)11-10-16-7-4-3-5-8-16/h3-5,7-8,10-11,15,17H,6,9,12-14H2,1-2H3,(H,20,23)/b11-10+/t17-/m0/s1. The van der Waals surface area contributed by atoms with Crippen LogP contribution in [0.3, 0.4) is 0 Å². The Bertz CT molecular complexity index is 552. The second-order valence-electron chi connectivity index (χ2n) is 6.44. The zero-order valence-electron chi connectivity index (χ0n) is 14.0. The summed E-state index contributed by atoms with van der Waals surface area (Å²) in [5.74, 6) is 0.483. The van der Waals surface area contributed by atoms with Crippen molar-refractivity contribution in [3.05, 3.63) is 42.0 Å². The van der Waals surface area contributed by atoms with E-state index in [1.807, 2.05) is 55.2 Å². The molecule has 0 saturated carbocycles. The number of nitrogens with one attached hydrogen (secondary N) is 1. The summed E-state index contributed by atoms with van der Waals surface area (Å²) in [6.07, 6.45) is 5.55. The van der Waals surface area contributed by atoms with Gasteiger partial charge in [0.1, 0.15) is 0 Å². The van der Waals surface area contributed by atoms with Crippen molar-refractivity contribution in [3.8, 4) is 0 Å². The second kappa shape index (κ2) is 8.51. The molecule has 1 N–H and O–H groups in total. The largest absolute Gasteiger partial charge is 0.356 e. The van der Waals surface area contributed by atoms with E-state index < -0.39 is 0 Å². The van der Waals surface area contributed by atoms with Gasteiger partial charge in [-0.15, -0.1) is 0 Å². The molecule has 1 aromatic rings. The Kier molecular flexibility index (Phi) is 6.39. The molecule has 0 aliphatic carbocycles. The van der Waals surface area contributed by atoms with Crippen molar-refractivity contribution in [2.24, 2.45) is 11.8 Å². The fourth-order valence-corrected chi connectivity index (χ4v) is 2.72. The first-order valence-corrected chi connectivity index (χ1v) is 8.36. The van der Waals surface area contributed by atoms with Crippen LogP contribution in [-0.2, 0) is 9.59 Å². The van der Waals surface area contributed by atoms with E-state index in [2.05, 4.69) is 5.32 Å². The monoisotopic (exact) mass is 314 g/mol. The fraction of sp³-hybridized carbons (Fsp3) is 0.474. The average molecular weight is 314 g/mol. The molecule has 1 aliphatic heterocycles. The van der Waals surface area contributed by atoms with Gasteiger partial charge in [-0.3, -0.25) is 9.59 Å². The topological polar surface area (TPSA) is 49.4 Å². The molecule has 0 spiro atoms. The van der Waals surface area contributed by atoms with E-state index >= 15 is 0 Å². The van der Waals surface area contributed by atoms with Gasteiger partial charge in [-0.2, -0.15) is 0 Å². The third-order valence-corrected chi connectivity index (χ3v) is 4.14. The van der Waals surface area contributed by atoms with Gasteiger partial charge in [0.2, 0.25) is 11.8 Å². The smallest absolute Gasteiger partial charge is 0.246 e. The minimum Gasteiger partial charge on any atom is -0.356 e. The average Bonchev–Trinajstić information content (AvgIpc) is 2.58. The van der Waals surface area contributed by atoms with Gasteiger partial charge in [0, 0.05) is 31.6 Å². The summed E-state index contributed by atoms with van der Waals surface area (Å²) < 4.78 is 0. The van der Waals surface area contributed by atoms with E-state index in [0.29, 0.717) is 12.5 Å². The lowest BCUT2D eigenvalue weighted by Gasteiger charge is -2.32. The normalized spacial score (nSPS) is 18.4. The van der Waals surface area contributed by atoms with E-state index in [0.717, 1.165) is 31.5 Å². The molecule has 4 heteroatoms. The first kappa shape index (κ1) is 17.3. The summed E-state index contributed by atoms with van der Waals surface area (Å²) in [4.78, 5) is 25.9. The van der Waals surface area contributed by atoms with Crippen LogP contribution in [0.15, 0.2) is 36.4 Å². The predicted molar refractivity (Wildman–Crippen MR) is 92.6 cm³/mol. The van der Waals surface area contributed by atoms with Gasteiger partial charge in [-0.25, -0.2) is 0 Å². The van der Waals surface area contributed by atoms with E-state index in [9.17, 15) is 9.59 Å². The summed E-state index contributed by atoms with van der Waals surface area (Å²) in [5, 5.41) is 2.97. The zero-order valence-corrected chi connectivity index (χ0v) is 14.0. The predicted octanol–water partition coefficient (Wildman–Crippen LogP) is 2.71. The van der Waals surface area contributed by atoms with Gasteiger partial charge in [0.05, 0.1) is 0 Å². The van der Waals surface area contributed by atoms with Crippen molar-refractivity contribution in [1.82, 2.24) is 10.2 Å². The molecule has 23 heavy (non-hydrogen) atoms. The van der Waals surface area contributed by atoms with Crippen molar-refractivity contribution in [1.29, 1.82) is 0 Å². The lowest BCUT2D eigenvalue weighted by molar-refractivity contribution is -0.127. The van der Waals surface area contributed by atoms with Crippen molar-refractivity contribution in [2.45, 2.75) is 26.7 Å². The molecule has 1 aliphatic rings. The van der Waals surface area contributed by atoms with Crippen LogP contribution in [0.2, 0.25) is 0 Å². The molecule has 0 bridgehead atoms. The maximum atomic E-state index is 12.3. The SMILES string of the molecule is CC(C)C(=O)NC[C@@H]1CCCN(C(=O)/C=C/c2ccccc2)C1. The molecule has 124 valence electrons. The molecule has 1 atom stereocenters. The minimum absolute atomic E-state index is 0.00475. The van der Waals surface area contributed by atoms with E-state index in [1.165, 1.54) is 0 Å². The third kappa shape index (κ3) is 5.55. The fourth-order valence-electron chi connectivity index (χ4n) is 2.72. The van der Waals surface area contributed by atoms with Gasteiger partial charge in [0.15, 0.2) is 0 Å². The molecule has 1 fully saturated rings. The number of piperidine rings is 1. The van der Waals surface area contributed by atoms with Crippen LogP contribution in [0.5, 0.6) is 0 Å². The Balaban J connectivity index is 1.84. The molecule has 0 radical (unpaired) electrons. The zero-order chi connectivity index (χ0) is 16.7. The highest BCUT2D eigenvalue weighted by Gasteiger charge is 2.23. The van der Waals surface area contributed by atoms with Gasteiger partial charge < -0.3 is 10.2 Å². The van der Waals surface area contributed by atoms with Crippen molar-refractivity contribution in [3.63, 3.8) is 0 Å². The number of hydrogen-bond donors (Lipinski definition) is 1. The number of hydrogen-bond acceptors (Lipinski definition) is 2. The molecular formula is C19H26N2O2. The first-order chi connectivity index (χ1) is 11.1.